The van der Waals surface area contributed by atoms with Crippen molar-refractivity contribution in [3.8, 4) is 22.6 Å². The Balaban J connectivity index is 1.72. The number of pyridine rings is 2. The Labute approximate surface area is 201 Å². The van der Waals surface area contributed by atoms with Gasteiger partial charge in [-0.25, -0.2) is 0 Å². The van der Waals surface area contributed by atoms with Crippen molar-refractivity contribution < 1.29 is 14.3 Å². The normalized spacial score (nSPS) is 15.7. The van der Waals surface area contributed by atoms with Gasteiger partial charge in [0.2, 0.25) is 11.8 Å². The van der Waals surface area contributed by atoms with Crippen molar-refractivity contribution in [3.63, 3.8) is 0 Å². The molecule has 0 aliphatic carbocycles. The smallest absolute Gasteiger partial charge is 0.272 e. The number of anilines is 1. The highest BCUT2D eigenvalue weighted by molar-refractivity contribution is 6.21. The Hall–Kier alpha value is -4.46. The number of nitrogens with one attached hydrogen (secondary N) is 1. The summed E-state index contributed by atoms with van der Waals surface area (Å²) < 4.78 is 7.96. The number of carbonyl (C=O) groups excluding carboxylic acids is 2. The highest BCUT2D eigenvalue weighted by atomic mass is 16.5. The van der Waals surface area contributed by atoms with E-state index in [1.165, 1.54) is 4.90 Å². The lowest BCUT2D eigenvalue weighted by atomic mass is 10.00. The lowest BCUT2D eigenvalue weighted by Crippen LogP contribution is -2.31. The van der Waals surface area contributed by atoms with Crippen LogP contribution in [0.25, 0.3) is 22.0 Å². The van der Waals surface area contributed by atoms with Crippen molar-refractivity contribution in [2.24, 2.45) is 13.0 Å². The van der Waals surface area contributed by atoms with Crippen LogP contribution in [-0.2, 0) is 16.6 Å². The molecule has 0 radical (unpaired) electrons. The molecule has 1 atom stereocenters. The lowest BCUT2D eigenvalue weighted by molar-refractivity contribution is -0.122. The molecular formula is C27H24N4O4. The number of ether oxygens (including phenoxy) is 1. The van der Waals surface area contributed by atoms with Gasteiger partial charge in [-0.1, -0.05) is 6.08 Å². The van der Waals surface area contributed by atoms with Crippen LogP contribution in [0.3, 0.4) is 0 Å². The van der Waals surface area contributed by atoms with Gasteiger partial charge in [0.15, 0.2) is 0 Å². The minimum atomic E-state index is -0.412. The fraction of sp³-hybridized carbons (Fsp3) is 0.185. The van der Waals surface area contributed by atoms with Crippen molar-refractivity contribution in [3.05, 3.63) is 83.7 Å². The molecule has 0 saturated carbocycles. The molecule has 1 aliphatic rings. The summed E-state index contributed by atoms with van der Waals surface area (Å²) in [6.45, 7) is 5.55. The Morgan fingerprint density at radius 2 is 2.06 bits per heavy atom. The number of aromatic nitrogens is 3. The summed E-state index contributed by atoms with van der Waals surface area (Å²) >= 11 is 0. The Morgan fingerprint density at radius 1 is 1.23 bits per heavy atom. The average molecular weight is 469 g/mol. The van der Waals surface area contributed by atoms with E-state index in [-0.39, 0.29) is 23.8 Å². The first-order valence-electron chi connectivity index (χ1n) is 11.3. The van der Waals surface area contributed by atoms with E-state index in [0.29, 0.717) is 40.3 Å². The van der Waals surface area contributed by atoms with E-state index in [9.17, 15) is 14.4 Å². The second-order valence-electron chi connectivity index (χ2n) is 8.64. The highest BCUT2D eigenvalue weighted by Crippen LogP contribution is 2.42. The van der Waals surface area contributed by atoms with Crippen LogP contribution < -0.4 is 15.2 Å². The second-order valence-corrected chi connectivity index (χ2v) is 8.64. The number of fused-ring (bicyclic) bond motifs is 1. The fourth-order valence-electron chi connectivity index (χ4n) is 4.65. The van der Waals surface area contributed by atoms with E-state index in [2.05, 4.69) is 16.5 Å². The molecular weight excluding hydrogens is 444 g/mol. The predicted octanol–water partition coefficient (Wildman–Crippen LogP) is 4.48. The van der Waals surface area contributed by atoms with Gasteiger partial charge in [0.1, 0.15) is 17.0 Å². The number of benzene rings is 1. The van der Waals surface area contributed by atoms with Crippen LogP contribution in [0, 0.1) is 12.8 Å². The Bertz CT molecular complexity index is 1530. The molecule has 3 aromatic heterocycles. The van der Waals surface area contributed by atoms with Gasteiger partial charge >= 0.3 is 0 Å². The van der Waals surface area contributed by atoms with Crippen LogP contribution in [0.2, 0.25) is 0 Å². The summed E-state index contributed by atoms with van der Waals surface area (Å²) in [5.74, 6) is 0.169. The minimum absolute atomic E-state index is 0.150. The fourth-order valence-corrected chi connectivity index (χ4v) is 4.65. The molecule has 1 aromatic carbocycles. The van der Waals surface area contributed by atoms with Crippen molar-refractivity contribution in [1.82, 2.24) is 14.5 Å². The molecule has 1 aliphatic heterocycles. The first-order chi connectivity index (χ1) is 16.9. The van der Waals surface area contributed by atoms with Gasteiger partial charge in [0.25, 0.3) is 5.56 Å². The third-order valence-electron chi connectivity index (χ3n) is 6.28. The molecule has 1 fully saturated rings. The Morgan fingerprint density at radius 3 is 2.80 bits per heavy atom. The molecule has 8 heteroatoms. The van der Waals surface area contributed by atoms with Crippen LogP contribution in [-0.4, -0.2) is 26.3 Å². The number of amides is 2. The maximum Gasteiger partial charge on any atom is 0.272 e. The third-order valence-corrected chi connectivity index (χ3v) is 6.28. The number of hydrogen-bond acceptors (Lipinski definition) is 5. The number of aromatic amines is 1. The van der Waals surface area contributed by atoms with E-state index in [0.717, 1.165) is 10.9 Å². The van der Waals surface area contributed by atoms with Gasteiger partial charge in [0, 0.05) is 48.6 Å². The second kappa shape index (κ2) is 8.72. The zero-order chi connectivity index (χ0) is 24.7. The maximum absolute atomic E-state index is 13.1. The number of aryl methyl sites for hydroxylation is 2. The number of imide groups is 1. The summed E-state index contributed by atoms with van der Waals surface area (Å²) in [5, 5.41) is 0.727. The van der Waals surface area contributed by atoms with Gasteiger partial charge in [-0.05, 0) is 49.2 Å². The number of allylic oxidation sites excluding steroid dienone is 1. The molecule has 8 nitrogen and oxygen atoms in total. The SMILES string of the molecule is C=CCC1CC(=O)N(c2cc(-c3cn(C)c4c(=O)[nH]ccc34)c(Oc3cccnc3)cc2C)C1=O. The molecule has 4 heterocycles. The van der Waals surface area contributed by atoms with E-state index >= 15 is 0 Å². The zero-order valence-corrected chi connectivity index (χ0v) is 19.4. The molecule has 1 unspecified atom stereocenters. The summed E-state index contributed by atoms with van der Waals surface area (Å²) in [6, 6.07) is 9.00. The summed E-state index contributed by atoms with van der Waals surface area (Å²) in [7, 11) is 1.80. The van der Waals surface area contributed by atoms with E-state index in [1.54, 1.807) is 54.5 Å². The van der Waals surface area contributed by atoms with Gasteiger partial charge < -0.3 is 14.3 Å². The van der Waals surface area contributed by atoms with Crippen LogP contribution in [0.15, 0.2) is 72.6 Å². The first kappa shape index (κ1) is 22.3. The van der Waals surface area contributed by atoms with Gasteiger partial charge in [0.05, 0.1) is 17.8 Å². The number of hydrogen-bond donors (Lipinski definition) is 1. The van der Waals surface area contributed by atoms with Gasteiger partial charge in [-0.3, -0.25) is 24.3 Å². The molecule has 4 aromatic rings. The van der Waals surface area contributed by atoms with Crippen molar-refractivity contribution in [1.29, 1.82) is 0 Å². The molecule has 176 valence electrons. The summed E-state index contributed by atoms with van der Waals surface area (Å²) in [6.07, 6.45) is 8.96. The van der Waals surface area contributed by atoms with Crippen LogP contribution >= 0.6 is 0 Å². The molecule has 5 rings (SSSR count). The lowest BCUT2D eigenvalue weighted by Gasteiger charge is -2.21. The Kier molecular flexibility index (Phi) is 5.56. The molecule has 0 bridgehead atoms. The highest BCUT2D eigenvalue weighted by Gasteiger charge is 2.39. The number of nitrogens with zero attached hydrogens (tertiary/aromatic N) is 3. The molecule has 2 amide bonds. The van der Waals surface area contributed by atoms with Gasteiger partial charge in [-0.2, -0.15) is 0 Å². The van der Waals surface area contributed by atoms with Gasteiger partial charge in [-0.15, -0.1) is 6.58 Å². The van der Waals surface area contributed by atoms with Crippen molar-refractivity contribution >= 4 is 28.4 Å². The molecule has 1 saturated heterocycles. The number of H-pyrrole nitrogens is 1. The number of carbonyl (C=O) groups is 2. The largest absolute Gasteiger partial charge is 0.455 e. The summed E-state index contributed by atoms with van der Waals surface area (Å²) in [4.78, 5) is 46.6. The molecule has 1 N–H and O–H groups in total. The summed E-state index contributed by atoms with van der Waals surface area (Å²) in [5.41, 5.74) is 2.91. The van der Waals surface area contributed by atoms with E-state index in [1.807, 2.05) is 25.3 Å². The number of rotatable bonds is 6. The van der Waals surface area contributed by atoms with Crippen LogP contribution in [0.1, 0.15) is 18.4 Å². The average Bonchev–Trinajstić information content (AvgIpc) is 3.31. The minimum Gasteiger partial charge on any atom is -0.455 e. The molecule has 0 spiro atoms. The zero-order valence-electron chi connectivity index (χ0n) is 19.4. The van der Waals surface area contributed by atoms with Crippen molar-refractivity contribution in [2.75, 3.05) is 4.90 Å². The monoisotopic (exact) mass is 468 g/mol. The quantitative estimate of drug-likeness (QED) is 0.332. The topological polar surface area (TPSA) is 97.3 Å². The van der Waals surface area contributed by atoms with Crippen molar-refractivity contribution in [2.45, 2.75) is 19.8 Å². The van der Waals surface area contributed by atoms with Crippen LogP contribution in [0.4, 0.5) is 5.69 Å². The molecule has 35 heavy (non-hydrogen) atoms. The first-order valence-corrected chi connectivity index (χ1v) is 11.3. The predicted molar refractivity (Wildman–Crippen MR) is 133 cm³/mol. The van der Waals surface area contributed by atoms with E-state index < -0.39 is 5.92 Å². The van der Waals surface area contributed by atoms with Crippen LogP contribution in [0.5, 0.6) is 11.5 Å². The maximum atomic E-state index is 13.1. The van der Waals surface area contributed by atoms with E-state index in [4.69, 9.17) is 4.74 Å². The standard InChI is InChI=1S/C27H24N4O4/c1-4-6-17-12-24(32)31(27(17)34)22-13-20(21-15-30(3)25-19(21)8-10-29-26(25)33)23(11-16(22)2)35-18-7-5-9-28-14-18/h4-5,7-11,13-15,17H,1,6,12H2,2-3H3,(H,29,33). The third kappa shape index (κ3) is 3.82.